The van der Waals surface area contributed by atoms with Crippen LogP contribution >= 0.6 is 0 Å². The minimum Gasteiger partial charge on any atom is -0.492 e. The highest BCUT2D eigenvalue weighted by molar-refractivity contribution is 5.81. The van der Waals surface area contributed by atoms with Gasteiger partial charge in [0.05, 0.1) is 19.1 Å². The molecule has 1 fully saturated rings. The first-order chi connectivity index (χ1) is 13.2. The molecule has 1 amide bonds. The minimum absolute atomic E-state index is 0.0431. The minimum atomic E-state index is -1.43. The van der Waals surface area contributed by atoms with E-state index in [0.717, 1.165) is 12.1 Å². The highest BCUT2D eigenvalue weighted by Gasteiger charge is 2.42. The van der Waals surface area contributed by atoms with Gasteiger partial charge in [0.2, 0.25) is 17.7 Å². The predicted molar refractivity (Wildman–Crippen MR) is 89.9 cm³/mol. The highest BCUT2D eigenvalue weighted by Crippen LogP contribution is 2.21. The van der Waals surface area contributed by atoms with Crippen molar-refractivity contribution in [2.75, 3.05) is 13.2 Å². The van der Waals surface area contributed by atoms with Crippen molar-refractivity contribution >= 4 is 11.9 Å². The van der Waals surface area contributed by atoms with E-state index in [9.17, 15) is 35.1 Å². The molecule has 1 aliphatic rings. The summed E-state index contributed by atoms with van der Waals surface area (Å²) in [6.45, 7) is 1.52. The number of aliphatic hydroxyl groups excluding tert-OH is 3. The van der Waals surface area contributed by atoms with Gasteiger partial charge in [-0.3, -0.25) is 4.79 Å². The van der Waals surface area contributed by atoms with Crippen LogP contribution < -0.4 is 10.2 Å². The molecule has 12 heteroatoms. The Kier molecular flexibility index (Phi) is 7.60. The number of amides is 1. The fourth-order valence-corrected chi connectivity index (χ4v) is 2.46. The quantitative estimate of drug-likeness (QED) is 0.256. The van der Waals surface area contributed by atoms with Crippen LogP contribution in [0.2, 0.25) is 0 Å². The summed E-state index contributed by atoms with van der Waals surface area (Å²) in [6, 6.07) is 2.26. The molecule has 12 nitrogen and oxygen atoms in total. The number of nitrogens with one attached hydrogen (secondary N) is 1. The molecule has 0 aromatic carbocycles. The van der Waals surface area contributed by atoms with E-state index in [1.807, 2.05) is 0 Å². The number of aliphatic hydroxyl groups is 3. The number of carbonyl (C=O) groups is 2. The van der Waals surface area contributed by atoms with Gasteiger partial charge in [0.15, 0.2) is 6.29 Å². The fraction of sp³-hybridized carbons (Fsp3) is 0.625. The highest BCUT2D eigenvalue weighted by atomic mass is 16.7. The molecule has 1 aromatic heterocycles. The average Bonchev–Trinajstić information content (AvgIpc) is 2.97. The second-order valence-electron chi connectivity index (χ2n) is 6.21. The molecule has 6 N–H and O–H groups in total. The summed E-state index contributed by atoms with van der Waals surface area (Å²) >= 11 is 0. The van der Waals surface area contributed by atoms with Crippen molar-refractivity contribution in [1.82, 2.24) is 10.0 Å². The third kappa shape index (κ3) is 5.56. The van der Waals surface area contributed by atoms with Gasteiger partial charge in [-0.1, -0.05) is 0 Å². The Labute approximate surface area is 159 Å². The summed E-state index contributed by atoms with van der Waals surface area (Å²) in [7, 11) is 0. The molecule has 1 saturated heterocycles. The molecule has 0 radical (unpaired) electrons. The molecule has 0 spiro atoms. The van der Waals surface area contributed by atoms with E-state index in [1.165, 1.54) is 6.92 Å². The zero-order chi connectivity index (χ0) is 20.8. The Morgan fingerprint density at radius 3 is 2.39 bits per heavy atom. The van der Waals surface area contributed by atoms with Crippen LogP contribution in [0.5, 0.6) is 11.8 Å². The molecule has 0 saturated carbocycles. The van der Waals surface area contributed by atoms with Crippen LogP contribution in [0.4, 0.5) is 0 Å². The van der Waals surface area contributed by atoms with Gasteiger partial charge < -0.3 is 45.2 Å². The van der Waals surface area contributed by atoms with Crippen LogP contribution in [0.3, 0.4) is 0 Å². The standard InChI is InChI=1S/C16H24N2O10/c1-8-13(23)14(24)15(25)16(27-8)26-7-6-17-9(19)2-5-12(22)28-18-10(20)3-4-11(18)21/h3-4,8,13-16,20-21,23-25H,2,5-7H2,1H3,(H,17,19)/t8-,13+,14+,15-,16+/m0/s1. The molecule has 2 heterocycles. The Morgan fingerprint density at radius 2 is 1.75 bits per heavy atom. The number of aromatic nitrogens is 1. The van der Waals surface area contributed by atoms with Crippen molar-refractivity contribution in [3.8, 4) is 11.8 Å². The lowest BCUT2D eigenvalue weighted by Gasteiger charge is -2.38. The Balaban J connectivity index is 1.63. The summed E-state index contributed by atoms with van der Waals surface area (Å²) in [6.07, 6.45) is -6.45. The molecule has 2 rings (SSSR count). The number of hydrogen-bond acceptors (Lipinski definition) is 10. The van der Waals surface area contributed by atoms with Gasteiger partial charge in [0, 0.05) is 25.1 Å². The Hall–Kier alpha value is -2.38. The number of aromatic hydroxyl groups is 2. The molecular formula is C16H24N2O10. The van der Waals surface area contributed by atoms with Crippen LogP contribution in [0.25, 0.3) is 0 Å². The maximum atomic E-state index is 11.7. The lowest BCUT2D eigenvalue weighted by Crippen LogP contribution is -2.57. The number of nitrogens with zero attached hydrogens (tertiary/aromatic N) is 1. The molecule has 158 valence electrons. The SMILES string of the molecule is C[C@@H]1O[C@@H](OCCNC(=O)CCC(=O)On2c(O)ccc2O)[C@@H](O)[C@H](O)[C@@H]1O. The third-order valence-corrected chi connectivity index (χ3v) is 4.06. The van der Waals surface area contributed by atoms with Crippen LogP contribution in [0.1, 0.15) is 19.8 Å². The zero-order valence-corrected chi connectivity index (χ0v) is 15.1. The molecule has 0 bridgehead atoms. The Morgan fingerprint density at radius 1 is 1.11 bits per heavy atom. The van der Waals surface area contributed by atoms with E-state index in [2.05, 4.69) is 5.32 Å². The van der Waals surface area contributed by atoms with Crippen LogP contribution in [-0.4, -0.2) is 86.0 Å². The molecule has 5 atom stereocenters. The summed E-state index contributed by atoms with van der Waals surface area (Å²) < 4.78 is 11.0. The van der Waals surface area contributed by atoms with Crippen molar-refractivity contribution in [1.29, 1.82) is 0 Å². The van der Waals surface area contributed by atoms with Crippen molar-refractivity contribution in [2.45, 2.75) is 50.5 Å². The second kappa shape index (κ2) is 9.71. The number of rotatable bonds is 8. The van der Waals surface area contributed by atoms with Crippen LogP contribution in [-0.2, 0) is 19.1 Å². The first-order valence-corrected chi connectivity index (χ1v) is 8.59. The van der Waals surface area contributed by atoms with Gasteiger partial charge in [0.25, 0.3) is 0 Å². The van der Waals surface area contributed by atoms with Gasteiger partial charge in [-0.2, -0.15) is 0 Å². The van der Waals surface area contributed by atoms with Gasteiger partial charge in [-0.15, -0.1) is 4.73 Å². The Bertz CT molecular complexity index is 659. The first kappa shape index (κ1) is 21.9. The lowest BCUT2D eigenvalue weighted by atomic mass is 10.0. The van der Waals surface area contributed by atoms with Gasteiger partial charge in [-0.05, 0) is 6.92 Å². The van der Waals surface area contributed by atoms with E-state index in [1.54, 1.807) is 0 Å². The molecule has 1 aliphatic heterocycles. The maximum absolute atomic E-state index is 11.7. The van der Waals surface area contributed by atoms with E-state index in [0.29, 0.717) is 4.73 Å². The van der Waals surface area contributed by atoms with Gasteiger partial charge >= 0.3 is 5.97 Å². The number of carbonyl (C=O) groups excluding carboxylic acids is 2. The fourth-order valence-electron chi connectivity index (χ4n) is 2.46. The first-order valence-electron chi connectivity index (χ1n) is 8.59. The molecule has 28 heavy (non-hydrogen) atoms. The van der Waals surface area contributed by atoms with Crippen molar-refractivity contribution in [3.05, 3.63) is 12.1 Å². The lowest BCUT2D eigenvalue weighted by molar-refractivity contribution is -0.292. The zero-order valence-electron chi connectivity index (χ0n) is 15.1. The third-order valence-electron chi connectivity index (χ3n) is 4.06. The van der Waals surface area contributed by atoms with Crippen molar-refractivity contribution in [3.63, 3.8) is 0 Å². The molecular weight excluding hydrogens is 380 g/mol. The van der Waals surface area contributed by atoms with Gasteiger partial charge in [-0.25, -0.2) is 4.79 Å². The van der Waals surface area contributed by atoms with Crippen LogP contribution in [0.15, 0.2) is 12.1 Å². The summed E-state index contributed by atoms with van der Waals surface area (Å²) in [5.41, 5.74) is 0. The summed E-state index contributed by atoms with van der Waals surface area (Å²) in [5, 5.41) is 50.2. The summed E-state index contributed by atoms with van der Waals surface area (Å²) in [4.78, 5) is 28.0. The van der Waals surface area contributed by atoms with E-state index in [-0.39, 0.29) is 26.0 Å². The van der Waals surface area contributed by atoms with Crippen LogP contribution in [0, 0.1) is 0 Å². The second-order valence-corrected chi connectivity index (χ2v) is 6.21. The predicted octanol–water partition coefficient (Wildman–Crippen LogP) is -2.40. The van der Waals surface area contributed by atoms with Crippen molar-refractivity contribution < 1.29 is 49.4 Å². The van der Waals surface area contributed by atoms with Crippen molar-refractivity contribution in [2.24, 2.45) is 0 Å². The smallest absolute Gasteiger partial charge is 0.333 e. The maximum Gasteiger partial charge on any atom is 0.333 e. The monoisotopic (exact) mass is 404 g/mol. The molecule has 0 unspecified atom stereocenters. The number of hydrogen-bond donors (Lipinski definition) is 6. The van der Waals surface area contributed by atoms with E-state index < -0.39 is 54.3 Å². The molecule has 1 aromatic rings. The number of ether oxygens (including phenoxy) is 2. The molecule has 0 aliphatic carbocycles. The largest absolute Gasteiger partial charge is 0.492 e. The normalized spacial score (nSPS) is 27.4. The van der Waals surface area contributed by atoms with E-state index in [4.69, 9.17) is 14.3 Å². The summed E-state index contributed by atoms with van der Waals surface area (Å²) in [5.74, 6) is -2.25. The van der Waals surface area contributed by atoms with E-state index >= 15 is 0 Å². The average molecular weight is 404 g/mol. The van der Waals surface area contributed by atoms with Gasteiger partial charge in [0.1, 0.15) is 18.3 Å². The topological polar surface area (TPSA) is 180 Å².